The molecule has 0 fully saturated rings. The van der Waals surface area contributed by atoms with E-state index in [0.29, 0.717) is 18.7 Å². The first kappa shape index (κ1) is 16.1. The molecule has 1 unspecified atom stereocenters. The van der Waals surface area contributed by atoms with Crippen LogP contribution in [0, 0.1) is 5.82 Å². The second-order valence-electron chi connectivity index (χ2n) is 5.36. The van der Waals surface area contributed by atoms with Crippen LogP contribution in [0.15, 0.2) is 42.6 Å². The fourth-order valence-electron chi connectivity index (χ4n) is 2.12. The molecule has 0 aliphatic rings. The summed E-state index contributed by atoms with van der Waals surface area (Å²) < 4.78 is 15.6. The maximum Gasteiger partial charge on any atom is 0.315 e. The first-order valence-electron chi connectivity index (χ1n) is 7.52. The Morgan fingerprint density at radius 1 is 1.27 bits per heavy atom. The molecule has 5 heteroatoms. The van der Waals surface area contributed by atoms with E-state index in [2.05, 4.69) is 10.6 Å². The van der Waals surface area contributed by atoms with Crippen molar-refractivity contribution in [2.24, 2.45) is 0 Å². The molecule has 1 aromatic heterocycles. The van der Waals surface area contributed by atoms with Crippen molar-refractivity contribution in [3.8, 4) is 0 Å². The maximum atomic E-state index is 13.7. The molecule has 0 aliphatic heterocycles. The number of hydrogen-bond acceptors (Lipinski definition) is 1. The number of halogens is 1. The Bertz CT molecular complexity index is 624. The summed E-state index contributed by atoms with van der Waals surface area (Å²) in [5, 5.41) is 5.68. The Balaban J connectivity index is 1.95. The zero-order valence-corrected chi connectivity index (χ0v) is 13.0. The lowest BCUT2D eigenvalue weighted by Gasteiger charge is -2.14. The molecule has 1 heterocycles. The quantitative estimate of drug-likeness (QED) is 0.845. The molecule has 118 valence electrons. The minimum atomic E-state index is -0.218. The molecule has 1 atom stereocenters. The number of benzene rings is 1. The molecule has 0 aliphatic carbocycles. The Morgan fingerprint density at radius 2 is 2.05 bits per heavy atom. The standard InChI is InChI=1S/C17H22FN3O/c1-3-13(2)20-17(22)19-11-15-8-6-10-21(15)12-14-7-4-5-9-16(14)18/h4-10,13H,3,11-12H2,1-2H3,(H2,19,20,22). The van der Waals surface area contributed by atoms with Crippen LogP contribution < -0.4 is 10.6 Å². The average molecular weight is 303 g/mol. The Hall–Kier alpha value is -2.30. The summed E-state index contributed by atoms with van der Waals surface area (Å²) in [7, 11) is 0. The van der Waals surface area contributed by atoms with E-state index in [1.807, 2.05) is 42.8 Å². The van der Waals surface area contributed by atoms with Crippen LogP contribution in [0.2, 0.25) is 0 Å². The van der Waals surface area contributed by atoms with E-state index in [-0.39, 0.29) is 17.9 Å². The number of aromatic nitrogens is 1. The largest absolute Gasteiger partial charge is 0.345 e. The van der Waals surface area contributed by atoms with E-state index in [9.17, 15) is 9.18 Å². The van der Waals surface area contributed by atoms with Gasteiger partial charge in [-0.15, -0.1) is 0 Å². The summed E-state index contributed by atoms with van der Waals surface area (Å²) >= 11 is 0. The van der Waals surface area contributed by atoms with Gasteiger partial charge in [-0.25, -0.2) is 9.18 Å². The lowest BCUT2D eigenvalue weighted by atomic mass is 10.2. The van der Waals surface area contributed by atoms with Crippen LogP contribution >= 0.6 is 0 Å². The van der Waals surface area contributed by atoms with Crippen LogP contribution in [0.3, 0.4) is 0 Å². The molecular formula is C17H22FN3O. The van der Waals surface area contributed by atoms with Crippen molar-refractivity contribution < 1.29 is 9.18 Å². The summed E-state index contributed by atoms with van der Waals surface area (Å²) in [5.74, 6) is -0.218. The van der Waals surface area contributed by atoms with Gasteiger partial charge in [0, 0.05) is 23.5 Å². The van der Waals surface area contributed by atoms with Crippen molar-refractivity contribution in [1.82, 2.24) is 15.2 Å². The summed E-state index contributed by atoms with van der Waals surface area (Å²) in [6.07, 6.45) is 2.77. The van der Waals surface area contributed by atoms with Crippen LogP contribution in [0.4, 0.5) is 9.18 Å². The zero-order valence-electron chi connectivity index (χ0n) is 13.0. The van der Waals surface area contributed by atoms with E-state index < -0.39 is 0 Å². The normalized spacial score (nSPS) is 12.0. The molecule has 2 N–H and O–H groups in total. The number of carbonyl (C=O) groups excluding carboxylic acids is 1. The third-order valence-corrected chi connectivity index (χ3v) is 3.64. The highest BCUT2D eigenvalue weighted by atomic mass is 19.1. The van der Waals surface area contributed by atoms with Gasteiger partial charge in [0.1, 0.15) is 5.82 Å². The Labute approximate surface area is 130 Å². The van der Waals surface area contributed by atoms with Gasteiger partial charge in [0.15, 0.2) is 0 Å². The average Bonchev–Trinajstić information content (AvgIpc) is 2.94. The van der Waals surface area contributed by atoms with E-state index in [1.165, 1.54) is 6.07 Å². The number of carbonyl (C=O) groups is 1. The van der Waals surface area contributed by atoms with Gasteiger partial charge in [-0.05, 0) is 31.5 Å². The van der Waals surface area contributed by atoms with Crippen molar-refractivity contribution in [3.05, 3.63) is 59.7 Å². The van der Waals surface area contributed by atoms with Crippen LogP contribution in [0.1, 0.15) is 31.5 Å². The molecule has 2 rings (SSSR count). The highest BCUT2D eigenvalue weighted by Gasteiger charge is 2.08. The van der Waals surface area contributed by atoms with E-state index >= 15 is 0 Å². The molecule has 0 spiro atoms. The molecule has 2 amide bonds. The van der Waals surface area contributed by atoms with Gasteiger partial charge >= 0.3 is 6.03 Å². The monoisotopic (exact) mass is 303 g/mol. The van der Waals surface area contributed by atoms with E-state index in [4.69, 9.17) is 0 Å². The fraction of sp³-hybridized carbons (Fsp3) is 0.353. The van der Waals surface area contributed by atoms with E-state index in [0.717, 1.165) is 12.1 Å². The highest BCUT2D eigenvalue weighted by molar-refractivity contribution is 5.74. The second kappa shape index (κ2) is 7.64. The molecule has 22 heavy (non-hydrogen) atoms. The maximum absolute atomic E-state index is 13.7. The molecule has 0 saturated heterocycles. The number of rotatable bonds is 6. The predicted molar refractivity (Wildman–Crippen MR) is 85.1 cm³/mol. The van der Waals surface area contributed by atoms with Gasteiger partial charge in [0.2, 0.25) is 0 Å². The van der Waals surface area contributed by atoms with Crippen molar-refractivity contribution in [2.75, 3.05) is 0 Å². The molecule has 4 nitrogen and oxygen atoms in total. The van der Waals surface area contributed by atoms with Gasteiger partial charge in [0.05, 0.1) is 13.1 Å². The van der Waals surface area contributed by atoms with Crippen molar-refractivity contribution >= 4 is 6.03 Å². The smallest absolute Gasteiger partial charge is 0.315 e. The van der Waals surface area contributed by atoms with Crippen LogP contribution in [0.25, 0.3) is 0 Å². The number of urea groups is 1. The van der Waals surface area contributed by atoms with Crippen LogP contribution in [-0.4, -0.2) is 16.6 Å². The van der Waals surface area contributed by atoms with E-state index in [1.54, 1.807) is 12.1 Å². The Kier molecular flexibility index (Phi) is 5.58. The SMILES string of the molecule is CCC(C)NC(=O)NCc1cccn1Cc1ccccc1F. The van der Waals surface area contributed by atoms with Crippen LogP contribution in [-0.2, 0) is 13.1 Å². The first-order valence-corrected chi connectivity index (χ1v) is 7.52. The molecule has 0 radical (unpaired) electrons. The molecule has 0 bridgehead atoms. The number of nitrogens with zero attached hydrogens (tertiary/aromatic N) is 1. The van der Waals surface area contributed by atoms with Gasteiger partial charge in [0.25, 0.3) is 0 Å². The molecule has 0 saturated carbocycles. The zero-order chi connectivity index (χ0) is 15.9. The minimum absolute atomic E-state index is 0.144. The third-order valence-electron chi connectivity index (χ3n) is 3.64. The second-order valence-corrected chi connectivity index (χ2v) is 5.36. The molecular weight excluding hydrogens is 281 g/mol. The van der Waals surface area contributed by atoms with Crippen molar-refractivity contribution in [3.63, 3.8) is 0 Å². The van der Waals surface area contributed by atoms with Crippen LogP contribution in [0.5, 0.6) is 0 Å². The van der Waals surface area contributed by atoms with Gasteiger partial charge in [-0.3, -0.25) is 0 Å². The van der Waals surface area contributed by atoms with Crippen molar-refractivity contribution in [2.45, 2.75) is 39.4 Å². The predicted octanol–water partition coefficient (Wildman–Crippen LogP) is 3.27. The Morgan fingerprint density at radius 3 is 2.77 bits per heavy atom. The summed E-state index contributed by atoms with van der Waals surface area (Å²) in [6, 6.07) is 10.5. The number of amides is 2. The molecule has 1 aromatic carbocycles. The lowest BCUT2D eigenvalue weighted by molar-refractivity contribution is 0.237. The summed E-state index contributed by atoms with van der Waals surface area (Å²) in [5.41, 5.74) is 1.56. The molecule has 2 aromatic rings. The minimum Gasteiger partial charge on any atom is -0.345 e. The topological polar surface area (TPSA) is 46.1 Å². The summed E-state index contributed by atoms with van der Waals surface area (Å²) in [4.78, 5) is 11.7. The first-order chi connectivity index (χ1) is 10.6. The van der Waals surface area contributed by atoms with Gasteiger partial charge < -0.3 is 15.2 Å². The van der Waals surface area contributed by atoms with Gasteiger partial charge in [-0.1, -0.05) is 25.1 Å². The lowest BCUT2D eigenvalue weighted by Crippen LogP contribution is -2.40. The fourth-order valence-corrected chi connectivity index (χ4v) is 2.12. The number of hydrogen-bond donors (Lipinski definition) is 2. The highest BCUT2D eigenvalue weighted by Crippen LogP contribution is 2.11. The third kappa shape index (κ3) is 4.35. The van der Waals surface area contributed by atoms with Gasteiger partial charge in [-0.2, -0.15) is 0 Å². The number of nitrogens with one attached hydrogen (secondary N) is 2. The summed E-state index contributed by atoms with van der Waals surface area (Å²) in [6.45, 7) is 4.83. The van der Waals surface area contributed by atoms with Crippen molar-refractivity contribution in [1.29, 1.82) is 0 Å².